The fourth-order valence-electron chi connectivity index (χ4n) is 4.13. The quantitative estimate of drug-likeness (QED) is 0.600. The summed E-state index contributed by atoms with van der Waals surface area (Å²) in [5, 5.41) is 7.19. The summed E-state index contributed by atoms with van der Waals surface area (Å²) in [7, 11) is -3.65. The molecule has 3 rings (SSSR count). The number of carbonyl (C=O) groups excluding carboxylic acids is 1. The van der Waals surface area contributed by atoms with Gasteiger partial charge in [-0.1, -0.05) is 20.8 Å². The zero-order valence-corrected chi connectivity index (χ0v) is 21.3. The lowest BCUT2D eigenvalue weighted by atomic mass is 10.0. The molecule has 0 aliphatic carbocycles. The Morgan fingerprint density at radius 2 is 1.85 bits per heavy atom. The predicted molar refractivity (Wildman–Crippen MR) is 131 cm³/mol. The third-order valence-electron chi connectivity index (χ3n) is 6.67. The minimum atomic E-state index is -3.65. The highest BCUT2D eigenvalue weighted by molar-refractivity contribution is 7.89. The molecule has 9 heteroatoms. The van der Waals surface area contributed by atoms with Crippen LogP contribution in [0, 0.1) is 19.8 Å². The average molecular weight is 476 g/mol. The Morgan fingerprint density at radius 1 is 1.18 bits per heavy atom. The number of benzene rings is 1. The number of hydrogen-bond donors (Lipinski definition) is 1. The molecular weight excluding hydrogens is 438 g/mol. The zero-order valence-electron chi connectivity index (χ0n) is 20.5. The second kappa shape index (κ2) is 10.8. The Labute approximate surface area is 198 Å². The molecule has 0 atom stereocenters. The van der Waals surface area contributed by atoms with E-state index in [1.807, 2.05) is 11.6 Å². The van der Waals surface area contributed by atoms with Gasteiger partial charge in [0.05, 0.1) is 23.3 Å². The first-order chi connectivity index (χ1) is 15.6. The van der Waals surface area contributed by atoms with Crippen LogP contribution in [0.3, 0.4) is 0 Å². The molecule has 33 heavy (non-hydrogen) atoms. The minimum absolute atomic E-state index is 0.220. The van der Waals surface area contributed by atoms with E-state index in [1.54, 1.807) is 29.7 Å². The molecule has 2 heterocycles. The fraction of sp³-hybridized carbons (Fsp3) is 0.583. The number of rotatable bonds is 9. The van der Waals surface area contributed by atoms with Crippen molar-refractivity contribution in [2.45, 2.75) is 58.9 Å². The van der Waals surface area contributed by atoms with Crippen molar-refractivity contribution in [3.05, 3.63) is 41.2 Å². The molecule has 2 aromatic rings. The number of anilines is 1. The normalized spacial score (nSPS) is 15.8. The fourth-order valence-corrected chi connectivity index (χ4v) is 5.92. The zero-order chi connectivity index (χ0) is 24.2. The molecule has 0 unspecified atom stereocenters. The number of sulfonamides is 1. The number of carbonyl (C=O) groups is 1. The van der Waals surface area contributed by atoms with Gasteiger partial charge in [-0.05, 0) is 69.0 Å². The summed E-state index contributed by atoms with van der Waals surface area (Å²) in [4.78, 5) is 15.5. The first-order valence-electron chi connectivity index (χ1n) is 11.8. The summed E-state index contributed by atoms with van der Waals surface area (Å²) in [6.45, 7) is 14.7. The number of aromatic nitrogens is 2. The molecule has 1 aromatic carbocycles. The van der Waals surface area contributed by atoms with Crippen molar-refractivity contribution in [1.29, 1.82) is 0 Å². The van der Waals surface area contributed by atoms with Crippen LogP contribution in [0.4, 0.5) is 5.69 Å². The second-order valence-electron chi connectivity index (χ2n) is 8.98. The lowest BCUT2D eigenvalue weighted by molar-refractivity contribution is 0.102. The molecule has 1 aromatic heterocycles. The molecule has 0 saturated carbocycles. The highest BCUT2D eigenvalue weighted by atomic mass is 32.2. The lowest BCUT2D eigenvalue weighted by Gasteiger charge is -2.30. The van der Waals surface area contributed by atoms with Gasteiger partial charge in [0.25, 0.3) is 5.91 Å². The molecule has 8 nitrogen and oxygen atoms in total. The molecule has 0 bridgehead atoms. The van der Waals surface area contributed by atoms with Crippen LogP contribution in [0.2, 0.25) is 0 Å². The average Bonchev–Trinajstić information content (AvgIpc) is 3.23. The monoisotopic (exact) mass is 475 g/mol. The van der Waals surface area contributed by atoms with E-state index in [0.717, 1.165) is 44.6 Å². The van der Waals surface area contributed by atoms with Gasteiger partial charge in [-0.3, -0.25) is 9.48 Å². The highest BCUT2D eigenvalue weighted by Gasteiger charge is 2.30. The van der Waals surface area contributed by atoms with Crippen molar-refractivity contribution in [2.24, 2.45) is 5.92 Å². The van der Waals surface area contributed by atoms with Crippen LogP contribution in [0.25, 0.3) is 0 Å². The summed E-state index contributed by atoms with van der Waals surface area (Å²) in [5.74, 6) is 0.189. The van der Waals surface area contributed by atoms with Crippen molar-refractivity contribution in [1.82, 2.24) is 19.0 Å². The first-order valence-corrected chi connectivity index (χ1v) is 13.3. The molecule has 1 N–H and O–H groups in total. The van der Waals surface area contributed by atoms with Crippen LogP contribution in [-0.4, -0.2) is 66.0 Å². The van der Waals surface area contributed by atoms with Gasteiger partial charge in [0.2, 0.25) is 10.0 Å². The Morgan fingerprint density at radius 3 is 2.48 bits per heavy atom. The maximum atomic E-state index is 13.4. The van der Waals surface area contributed by atoms with Crippen LogP contribution in [-0.2, 0) is 16.6 Å². The van der Waals surface area contributed by atoms with Gasteiger partial charge < -0.3 is 10.2 Å². The van der Waals surface area contributed by atoms with E-state index in [0.29, 0.717) is 35.8 Å². The van der Waals surface area contributed by atoms with Gasteiger partial charge in [0, 0.05) is 31.4 Å². The second-order valence-corrected chi connectivity index (χ2v) is 10.9. The number of piperidine rings is 1. The van der Waals surface area contributed by atoms with Gasteiger partial charge in [0.15, 0.2) is 0 Å². The number of aryl methyl sites for hydroxylation is 1. The SMILES string of the molecule is CCN(CC)CCn1cc(NC(=O)c2cc(C)c(C)c(S(=O)(=O)N3CCC(C)CC3)c2)cn1. The molecule has 1 saturated heterocycles. The van der Waals surface area contributed by atoms with Gasteiger partial charge in [-0.25, -0.2) is 8.42 Å². The summed E-state index contributed by atoms with van der Waals surface area (Å²) in [6.07, 6.45) is 5.13. The first kappa shape index (κ1) is 25.4. The van der Waals surface area contributed by atoms with E-state index in [9.17, 15) is 13.2 Å². The van der Waals surface area contributed by atoms with Crippen LogP contribution in [0.5, 0.6) is 0 Å². The maximum absolute atomic E-state index is 13.4. The molecule has 0 spiro atoms. The van der Waals surface area contributed by atoms with Crippen molar-refractivity contribution in [3.63, 3.8) is 0 Å². The van der Waals surface area contributed by atoms with Crippen LogP contribution >= 0.6 is 0 Å². The number of hydrogen-bond acceptors (Lipinski definition) is 5. The molecular formula is C24H37N5O3S. The summed E-state index contributed by atoms with van der Waals surface area (Å²) < 4.78 is 30.1. The Hall–Kier alpha value is -2.23. The highest BCUT2D eigenvalue weighted by Crippen LogP contribution is 2.28. The maximum Gasteiger partial charge on any atom is 0.255 e. The van der Waals surface area contributed by atoms with Gasteiger partial charge >= 0.3 is 0 Å². The van der Waals surface area contributed by atoms with E-state index < -0.39 is 10.0 Å². The van der Waals surface area contributed by atoms with Crippen molar-refractivity contribution < 1.29 is 13.2 Å². The molecule has 1 aliphatic heterocycles. The lowest BCUT2D eigenvalue weighted by Crippen LogP contribution is -2.38. The third kappa shape index (κ3) is 6.02. The summed E-state index contributed by atoms with van der Waals surface area (Å²) in [6, 6.07) is 3.25. The van der Waals surface area contributed by atoms with E-state index in [-0.39, 0.29) is 10.8 Å². The standard InChI is InChI=1S/C24H37N5O3S/c1-6-27(7-2)12-13-28-17-22(16-25-28)26-24(30)21-14-19(4)20(5)23(15-21)33(31,32)29-10-8-18(3)9-11-29/h14-18H,6-13H2,1-5H3,(H,26,30). The van der Waals surface area contributed by atoms with E-state index in [2.05, 4.69) is 36.1 Å². The Balaban J connectivity index is 1.76. The molecule has 1 amide bonds. The van der Waals surface area contributed by atoms with Crippen LogP contribution in [0.15, 0.2) is 29.4 Å². The van der Waals surface area contributed by atoms with E-state index >= 15 is 0 Å². The number of nitrogens with zero attached hydrogens (tertiary/aromatic N) is 4. The Kier molecular flexibility index (Phi) is 8.31. The van der Waals surface area contributed by atoms with Gasteiger partial charge in [-0.2, -0.15) is 9.40 Å². The molecule has 0 radical (unpaired) electrons. The summed E-state index contributed by atoms with van der Waals surface area (Å²) in [5.41, 5.74) is 2.39. The van der Waals surface area contributed by atoms with E-state index in [4.69, 9.17) is 0 Å². The smallest absolute Gasteiger partial charge is 0.255 e. The van der Waals surface area contributed by atoms with Gasteiger partial charge in [-0.15, -0.1) is 0 Å². The number of likely N-dealkylation sites (N-methyl/N-ethyl adjacent to an activating group) is 1. The van der Waals surface area contributed by atoms with Crippen LogP contribution in [0.1, 0.15) is 55.1 Å². The minimum Gasteiger partial charge on any atom is -0.319 e. The van der Waals surface area contributed by atoms with Crippen molar-refractivity contribution in [3.8, 4) is 0 Å². The molecule has 1 fully saturated rings. The number of nitrogens with one attached hydrogen (secondary N) is 1. The van der Waals surface area contributed by atoms with Crippen molar-refractivity contribution >= 4 is 21.6 Å². The van der Waals surface area contributed by atoms with Gasteiger partial charge in [0.1, 0.15) is 0 Å². The molecule has 1 aliphatic rings. The summed E-state index contributed by atoms with van der Waals surface area (Å²) >= 11 is 0. The van der Waals surface area contributed by atoms with Crippen LogP contribution < -0.4 is 5.32 Å². The predicted octanol–water partition coefficient (Wildman–Crippen LogP) is 3.51. The van der Waals surface area contributed by atoms with E-state index in [1.165, 1.54) is 6.07 Å². The number of amides is 1. The largest absolute Gasteiger partial charge is 0.319 e. The Bertz CT molecular complexity index is 1070. The van der Waals surface area contributed by atoms with Crippen molar-refractivity contribution in [2.75, 3.05) is 38.0 Å². The third-order valence-corrected chi connectivity index (χ3v) is 8.70. The topological polar surface area (TPSA) is 87.5 Å². The molecule has 182 valence electrons.